The van der Waals surface area contributed by atoms with Crippen LogP contribution in [0.4, 0.5) is 0 Å². The lowest BCUT2D eigenvalue weighted by Gasteiger charge is -2.45. The molecule has 3 heterocycles. The number of aromatic hydroxyl groups is 1. The molecule has 160 valence electrons. The fourth-order valence-electron chi connectivity index (χ4n) is 4.86. The van der Waals surface area contributed by atoms with E-state index in [4.69, 9.17) is 23.7 Å². The molecule has 2 aromatic carbocycles. The highest BCUT2D eigenvalue weighted by atomic mass is 16.7. The van der Waals surface area contributed by atoms with Crippen molar-refractivity contribution in [1.82, 2.24) is 4.90 Å². The number of benzene rings is 2. The summed E-state index contributed by atoms with van der Waals surface area (Å²) in [7, 11) is 1.57. The zero-order valence-electron chi connectivity index (χ0n) is 17.3. The molecule has 5 rings (SSSR count). The van der Waals surface area contributed by atoms with E-state index in [1.54, 1.807) is 13.2 Å². The van der Waals surface area contributed by atoms with Gasteiger partial charge in [-0.15, -0.1) is 0 Å². The first-order valence-electron chi connectivity index (χ1n) is 10.5. The normalized spacial score (nSPS) is 25.5. The Balaban J connectivity index is 1.66. The van der Waals surface area contributed by atoms with E-state index in [0.717, 1.165) is 36.4 Å². The van der Waals surface area contributed by atoms with E-state index in [1.165, 1.54) is 0 Å². The molecule has 3 atom stereocenters. The van der Waals surface area contributed by atoms with Crippen molar-refractivity contribution in [2.24, 2.45) is 5.92 Å². The highest BCUT2D eigenvalue weighted by Gasteiger charge is 2.43. The summed E-state index contributed by atoms with van der Waals surface area (Å²) in [6.07, 6.45) is 0.763. The Labute approximate surface area is 176 Å². The van der Waals surface area contributed by atoms with Gasteiger partial charge in [0, 0.05) is 42.1 Å². The Bertz CT molecular complexity index is 926. The van der Waals surface area contributed by atoms with Gasteiger partial charge >= 0.3 is 0 Å². The molecule has 0 bridgehead atoms. The standard InChI is InChI=1S/C23H27NO6/c1-3-14-21(15-5-4-6-17(26-2)22(15)25)16-11-19-20(29-13-28-19)12-18(16)30-23(14)24-7-9-27-10-8-24/h4-6,11-12,14,21,23,25H,3,7-10,13H2,1-2H3/t14-,21+,23-/m1/s1. The maximum Gasteiger partial charge on any atom is 0.231 e. The molecule has 3 aliphatic heterocycles. The van der Waals surface area contributed by atoms with E-state index in [2.05, 4.69) is 11.8 Å². The van der Waals surface area contributed by atoms with Crippen LogP contribution in [-0.4, -0.2) is 56.4 Å². The topological polar surface area (TPSA) is 69.6 Å². The number of phenols is 1. The van der Waals surface area contributed by atoms with Gasteiger partial charge in [-0.3, -0.25) is 4.90 Å². The number of morpholine rings is 1. The predicted molar refractivity (Wildman–Crippen MR) is 110 cm³/mol. The lowest BCUT2D eigenvalue weighted by atomic mass is 9.75. The van der Waals surface area contributed by atoms with Crippen LogP contribution in [0.15, 0.2) is 30.3 Å². The summed E-state index contributed by atoms with van der Waals surface area (Å²) in [5, 5.41) is 11.0. The molecular formula is C23H27NO6. The average Bonchev–Trinajstić information content (AvgIpc) is 3.24. The maximum absolute atomic E-state index is 11.0. The third-order valence-electron chi connectivity index (χ3n) is 6.34. The van der Waals surface area contributed by atoms with Crippen molar-refractivity contribution >= 4 is 0 Å². The number of ether oxygens (including phenoxy) is 5. The van der Waals surface area contributed by atoms with Crippen molar-refractivity contribution in [2.75, 3.05) is 40.2 Å². The SMILES string of the molecule is CC[C@@H]1[C@@H](c2cccc(OC)c2O)c2cc3c(cc2O[C@H]1N1CCOCC1)OCO3. The number of phenolic OH excluding ortho intramolecular Hbond substituents is 1. The zero-order chi connectivity index (χ0) is 20.7. The van der Waals surface area contributed by atoms with E-state index in [1.807, 2.05) is 24.3 Å². The van der Waals surface area contributed by atoms with Gasteiger partial charge in [-0.05, 0) is 18.6 Å². The molecular weight excluding hydrogens is 386 g/mol. The van der Waals surface area contributed by atoms with Gasteiger partial charge < -0.3 is 28.8 Å². The smallest absolute Gasteiger partial charge is 0.231 e. The maximum atomic E-state index is 11.0. The lowest BCUT2D eigenvalue weighted by Crippen LogP contribution is -2.52. The first-order chi connectivity index (χ1) is 14.7. The summed E-state index contributed by atoms with van der Waals surface area (Å²) in [6, 6.07) is 9.59. The quantitative estimate of drug-likeness (QED) is 0.824. The van der Waals surface area contributed by atoms with Gasteiger partial charge in [0.25, 0.3) is 0 Å². The van der Waals surface area contributed by atoms with Crippen LogP contribution in [0.1, 0.15) is 30.4 Å². The first kappa shape index (κ1) is 19.3. The largest absolute Gasteiger partial charge is 0.504 e. The number of nitrogens with zero attached hydrogens (tertiary/aromatic N) is 1. The Hall–Kier alpha value is -2.64. The third-order valence-corrected chi connectivity index (χ3v) is 6.34. The predicted octanol–water partition coefficient (Wildman–Crippen LogP) is 3.34. The van der Waals surface area contributed by atoms with Crippen LogP contribution in [-0.2, 0) is 4.74 Å². The van der Waals surface area contributed by atoms with Crippen LogP contribution in [0.3, 0.4) is 0 Å². The zero-order valence-corrected chi connectivity index (χ0v) is 17.3. The van der Waals surface area contributed by atoms with Gasteiger partial charge in [0.15, 0.2) is 29.2 Å². The van der Waals surface area contributed by atoms with Crippen LogP contribution in [0.25, 0.3) is 0 Å². The summed E-state index contributed by atoms with van der Waals surface area (Å²) in [5.74, 6) is 2.88. The Kier molecular flexibility index (Phi) is 5.08. The molecule has 30 heavy (non-hydrogen) atoms. The molecule has 0 aliphatic carbocycles. The van der Waals surface area contributed by atoms with Crippen molar-refractivity contribution in [3.8, 4) is 28.7 Å². The fourth-order valence-corrected chi connectivity index (χ4v) is 4.86. The first-order valence-corrected chi connectivity index (χ1v) is 10.5. The molecule has 7 heteroatoms. The summed E-state index contributed by atoms with van der Waals surface area (Å²) in [4.78, 5) is 2.34. The molecule has 0 amide bonds. The number of hydrogen-bond acceptors (Lipinski definition) is 7. The molecule has 1 N–H and O–H groups in total. The number of fused-ring (bicyclic) bond motifs is 2. The van der Waals surface area contributed by atoms with Crippen molar-refractivity contribution in [3.63, 3.8) is 0 Å². The molecule has 0 aromatic heterocycles. The number of para-hydroxylation sites is 1. The molecule has 0 spiro atoms. The van der Waals surface area contributed by atoms with Crippen molar-refractivity contribution in [3.05, 3.63) is 41.5 Å². The third kappa shape index (κ3) is 3.13. The second-order valence-electron chi connectivity index (χ2n) is 7.85. The average molecular weight is 413 g/mol. The van der Waals surface area contributed by atoms with E-state index in [-0.39, 0.29) is 30.6 Å². The van der Waals surface area contributed by atoms with Crippen LogP contribution in [0, 0.1) is 5.92 Å². The van der Waals surface area contributed by atoms with Gasteiger partial charge in [-0.25, -0.2) is 0 Å². The van der Waals surface area contributed by atoms with Crippen LogP contribution in [0.2, 0.25) is 0 Å². The monoisotopic (exact) mass is 413 g/mol. The second kappa shape index (κ2) is 7.89. The van der Waals surface area contributed by atoms with Crippen LogP contribution < -0.4 is 18.9 Å². The van der Waals surface area contributed by atoms with E-state index in [0.29, 0.717) is 30.5 Å². The van der Waals surface area contributed by atoms with Gasteiger partial charge in [0.05, 0.1) is 20.3 Å². The van der Waals surface area contributed by atoms with Gasteiger partial charge in [-0.1, -0.05) is 19.1 Å². The summed E-state index contributed by atoms with van der Waals surface area (Å²) in [6.45, 7) is 5.40. The van der Waals surface area contributed by atoms with Crippen molar-refractivity contribution in [1.29, 1.82) is 0 Å². The Morgan fingerprint density at radius 2 is 1.83 bits per heavy atom. The van der Waals surface area contributed by atoms with Gasteiger partial charge in [0.1, 0.15) is 5.75 Å². The summed E-state index contributed by atoms with van der Waals surface area (Å²) in [5.41, 5.74) is 1.84. The minimum atomic E-state index is -0.123. The van der Waals surface area contributed by atoms with E-state index in [9.17, 15) is 5.11 Å². The minimum absolute atomic E-state index is 0.0730. The van der Waals surface area contributed by atoms with Crippen LogP contribution in [0.5, 0.6) is 28.7 Å². The number of methoxy groups -OCH3 is 1. The van der Waals surface area contributed by atoms with Gasteiger partial charge in [-0.2, -0.15) is 0 Å². The number of hydrogen-bond donors (Lipinski definition) is 1. The highest BCUT2D eigenvalue weighted by molar-refractivity contribution is 5.59. The second-order valence-corrected chi connectivity index (χ2v) is 7.85. The fraction of sp³-hybridized carbons (Fsp3) is 0.478. The molecule has 0 radical (unpaired) electrons. The van der Waals surface area contributed by atoms with E-state index >= 15 is 0 Å². The molecule has 7 nitrogen and oxygen atoms in total. The molecule has 0 saturated carbocycles. The highest BCUT2D eigenvalue weighted by Crippen LogP contribution is 2.53. The summed E-state index contributed by atoms with van der Waals surface area (Å²) >= 11 is 0. The molecule has 1 fully saturated rings. The minimum Gasteiger partial charge on any atom is -0.504 e. The molecule has 2 aromatic rings. The molecule has 3 aliphatic rings. The summed E-state index contributed by atoms with van der Waals surface area (Å²) < 4.78 is 28.8. The molecule has 0 unspecified atom stereocenters. The lowest BCUT2D eigenvalue weighted by molar-refractivity contribution is -0.0831. The Morgan fingerprint density at radius 1 is 1.07 bits per heavy atom. The number of rotatable bonds is 4. The van der Waals surface area contributed by atoms with E-state index < -0.39 is 0 Å². The van der Waals surface area contributed by atoms with Crippen LogP contribution >= 0.6 is 0 Å². The van der Waals surface area contributed by atoms with Crippen molar-refractivity contribution < 1.29 is 28.8 Å². The van der Waals surface area contributed by atoms with Gasteiger partial charge in [0.2, 0.25) is 6.79 Å². The molecule has 1 saturated heterocycles. The van der Waals surface area contributed by atoms with Crippen molar-refractivity contribution in [2.45, 2.75) is 25.5 Å². The Morgan fingerprint density at radius 3 is 2.57 bits per heavy atom.